The third-order valence-electron chi connectivity index (χ3n) is 1.70. The molecule has 0 spiro atoms. The van der Waals surface area contributed by atoms with E-state index in [1.807, 2.05) is 6.20 Å². The van der Waals surface area contributed by atoms with Crippen LogP contribution in [-0.2, 0) is 0 Å². The molecule has 1 aromatic heterocycles. The molecule has 0 radical (unpaired) electrons. The van der Waals surface area contributed by atoms with Gasteiger partial charge in [-0.25, -0.2) is 0 Å². The average molecular weight is 134 g/mol. The Bertz CT molecular complexity index is 312. The summed E-state index contributed by atoms with van der Waals surface area (Å²) in [4.78, 5) is 3.27. The normalized spacial score (nSPS) is 14.5. The second-order valence-corrected chi connectivity index (χ2v) is 2.58. The molecule has 2 N–H and O–H groups in total. The van der Waals surface area contributed by atoms with Crippen molar-refractivity contribution in [2.75, 3.05) is 6.54 Å². The minimum Gasteiger partial charge on any atom is -0.387 e. The van der Waals surface area contributed by atoms with Crippen LogP contribution in [0.4, 0.5) is 0 Å². The minimum absolute atomic E-state index is 0.937. The van der Waals surface area contributed by atoms with E-state index in [0.717, 1.165) is 6.54 Å². The van der Waals surface area contributed by atoms with Gasteiger partial charge in [-0.15, -0.1) is 0 Å². The number of H-pyrrole nitrogens is 1. The predicted octanol–water partition coefficient (Wildman–Crippen LogP) is -0.555. The van der Waals surface area contributed by atoms with Crippen molar-refractivity contribution in [1.82, 2.24) is 10.3 Å². The summed E-state index contributed by atoms with van der Waals surface area (Å²) in [5.41, 5.74) is 1.22. The first-order valence-corrected chi connectivity index (χ1v) is 3.46. The highest BCUT2D eigenvalue weighted by Gasteiger charge is 1.93. The lowest BCUT2D eigenvalue weighted by atomic mass is 10.3. The van der Waals surface area contributed by atoms with Crippen molar-refractivity contribution in [3.63, 3.8) is 0 Å². The van der Waals surface area contributed by atoms with Crippen LogP contribution < -0.4 is 15.9 Å². The zero-order valence-corrected chi connectivity index (χ0v) is 5.94. The van der Waals surface area contributed by atoms with Crippen LogP contribution in [0.25, 0.3) is 12.3 Å². The Balaban J connectivity index is 2.83. The van der Waals surface area contributed by atoms with Gasteiger partial charge in [0.25, 0.3) is 0 Å². The molecule has 0 amide bonds. The number of aryl methyl sites for hydroxylation is 1. The summed E-state index contributed by atoms with van der Waals surface area (Å²) < 4.78 is 0. The van der Waals surface area contributed by atoms with Gasteiger partial charge >= 0.3 is 0 Å². The number of hydrogen-bond donors (Lipinski definition) is 2. The Kier molecular flexibility index (Phi) is 1.07. The van der Waals surface area contributed by atoms with Gasteiger partial charge in [0.1, 0.15) is 0 Å². The maximum absolute atomic E-state index is 3.27. The zero-order chi connectivity index (χ0) is 6.97. The molecule has 0 unspecified atom stereocenters. The van der Waals surface area contributed by atoms with Gasteiger partial charge in [0.15, 0.2) is 0 Å². The fraction of sp³-hybridized carbons (Fsp3) is 0.250. The molecule has 0 aliphatic carbocycles. The van der Waals surface area contributed by atoms with Crippen molar-refractivity contribution < 1.29 is 0 Å². The molecule has 0 saturated heterocycles. The van der Waals surface area contributed by atoms with Crippen molar-refractivity contribution in [3.8, 4) is 0 Å². The highest BCUT2D eigenvalue weighted by atomic mass is 14.8. The molecule has 0 saturated carbocycles. The molecule has 1 aliphatic rings. The fourth-order valence-corrected chi connectivity index (χ4v) is 1.25. The highest BCUT2D eigenvalue weighted by Crippen LogP contribution is 1.80. The molecular weight excluding hydrogens is 124 g/mol. The molecule has 2 rings (SSSR count). The van der Waals surface area contributed by atoms with Crippen molar-refractivity contribution in [1.29, 1.82) is 0 Å². The van der Waals surface area contributed by atoms with E-state index in [0.29, 0.717) is 0 Å². The first-order valence-electron chi connectivity index (χ1n) is 3.46. The Hall–Kier alpha value is -1.18. The first-order chi connectivity index (χ1) is 4.86. The first kappa shape index (κ1) is 5.59. The molecule has 52 valence electrons. The van der Waals surface area contributed by atoms with Gasteiger partial charge in [0.2, 0.25) is 0 Å². The Morgan fingerprint density at radius 3 is 3.20 bits per heavy atom. The molecule has 2 heteroatoms. The average Bonchev–Trinajstić information content (AvgIpc) is 2.27. The van der Waals surface area contributed by atoms with Crippen LogP contribution in [0.3, 0.4) is 0 Å². The number of hydrogen-bond acceptors (Lipinski definition) is 1. The largest absolute Gasteiger partial charge is 0.387 e. The number of aromatic nitrogens is 1. The monoisotopic (exact) mass is 134 g/mol. The zero-order valence-electron chi connectivity index (χ0n) is 5.94. The third-order valence-corrected chi connectivity index (χ3v) is 1.70. The quantitative estimate of drug-likeness (QED) is 0.489. The molecule has 2 nitrogen and oxygen atoms in total. The summed E-state index contributed by atoms with van der Waals surface area (Å²) in [6.07, 6.45) is 4.20. The van der Waals surface area contributed by atoms with E-state index in [1.165, 1.54) is 16.3 Å². The Morgan fingerprint density at radius 1 is 1.50 bits per heavy atom. The third kappa shape index (κ3) is 0.727. The lowest BCUT2D eigenvalue weighted by Gasteiger charge is -1.96. The number of fused-ring (bicyclic) bond motifs is 1. The van der Waals surface area contributed by atoms with E-state index in [9.17, 15) is 0 Å². The second kappa shape index (κ2) is 1.90. The van der Waals surface area contributed by atoms with E-state index < -0.39 is 0 Å². The van der Waals surface area contributed by atoms with Crippen molar-refractivity contribution >= 4 is 12.3 Å². The van der Waals surface area contributed by atoms with Crippen LogP contribution in [0, 0.1) is 6.92 Å². The minimum atomic E-state index is 0.937. The Labute approximate surface area is 59.3 Å². The SMILES string of the molecule is Cc1cc2c([nH]1)=CCNC=2. The van der Waals surface area contributed by atoms with Gasteiger partial charge in [-0.3, -0.25) is 0 Å². The smallest absolute Gasteiger partial charge is 0.0447 e. The summed E-state index contributed by atoms with van der Waals surface area (Å²) in [6.45, 7) is 3.01. The molecule has 0 aromatic carbocycles. The van der Waals surface area contributed by atoms with Crippen LogP contribution in [0.1, 0.15) is 5.69 Å². The maximum atomic E-state index is 3.27. The van der Waals surface area contributed by atoms with Gasteiger partial charge < -0.3 is 10.3 Å². The van der Waals surface area contributed by atoms with Crippen LogP contribution in [0.2, 0.25) is 0 Å². The summed E-state index contributed by atoms with van der Waals surface area (Å²) in [5.74, 6) is 0. The van der Waals surface area contributed by atoms with Crippen LogP contribution in [-0.4, -0.2) is 11.5 Å². The van der Waals surface area contributed by atoms with E-state index in [4.69, 9.17) is 0 Å². The van der Waals surface area contributed by atoms with Crippen LogP contribution in [0.15, 0.2) is 6.07 Å². The van der Waals surface area contributed by atoms with Gasteiger partial charge in [-0.1, -0.05) is 0 Å². The number of aromatic amines is 1. The second-order valence-electron chi connectivity index (χ2n) is 2.58. The molecule has 0 atom stereocenters. The molecule has 1 aliphatic heterocycles. The van der Waals surface area contributed by atoms with Crippen LogP contribution >= 0.6 is 0 Å². The van der Waals surface area contributed by atoms with Crippen molar-refractivity contribution in [2.45, 2.75) is 6.92 Å². The van der Waals surface area contributed by atoms with Crippen molar-refractivity contribution in [2.24, 2.45) is 0 Å². The lowest BCUT2D eigenvalue weighted by Crippen LogP contribution is -2.31. The molecule has 1 aromatic rings. The number of rotatable bonds is 0. The molecule has 0 fully saturated rings. The standard InChI is InChI=1S/C8H10N2/c1-6-4-7-5-9-3-2-8(7)10-6/h2,4-5,9-10H,3H2,1H3. The Morgan fingerprint density at radius 2 is 2.40 bits per heavy atom. The van der Waals surface area contributed by atoms with E-state index in [1.54, 1.807) is 0 Å². The van der Waals surface area contributed by atoms with Crippen LogP contribution in [0.5, 0.6) is 0 Å². The topological polar surface area (TPSA) is 27.8 Å². The lowest BCUT2D eigenvalue weighted by molar-refractivity contribution is 1.04. The van der Waals surface area contributed by atoms with E-state index in [2.05, 4.69) is 29.4 Å². The van der Waals surface area contributed by atoms with E-state index in [-0.39, 0.29) is 0 Å². The molecule has 10 heavy (non-hydrogen) atoms. The van der Waals surface area contributed by atoms with Gasteiger partial charge in [0, 0.05) is 29.0 Å². The summed E-state index contributed by atoms with van der Waals surface area (Å²) in [6, 6.07) is 2.14. The highest BCUT2D eigenvalue weighted by molar-refractivity contribution is 5.36. The van der Waals surface area contributed by atoms with Gasteiger partial charge in [0.05, 0.1) is 0 Å². The maximum Gasteiger partial charge on any atom is 0.0447 e. The number of nitrogens with one attached hydrogen (secondary N) is 2. The summed E-state index contributed by atoms with van der Waals surface area (Å²) in [5, 5.41) is 5.67. The molecule has 2 heterocycles. The van der Waals surface area contributed by atoms with Gasteiger partial charge in [-0.2, -0.15) is 0 Å². The van der Waals surface area contributed by atoms with Crippen molar-refractivity contribution in [3.05, 3.63) is 22.3 Å². The van der Waals surface area contributed by atoms with E-state index >= 15 is 0 Å². The molecular formula is C8H10N2. The van der Waals surface area contributed by atoms with Gasteiger partial charge in [-0.05, 0) is 19.1 Å². The summed E-state index contributed by atoms with van der Waals surface area (Å²) in [7, 11) is 0. The molecule has 0 bridgehead atoms. The summed E-state index contributed by atoms with van der Waals surface area (Å²) >= 11 is 0. The predicted molar refractivity (Wildman–Crippen MR) is 41.7 cm³/mol. The fourth-order valence-electron chi connectivity index (χ4n) is 1.25.